The van der Waals surface area contributed by atoms with Gasteiger partial charge >= 0.3 is 0 Å². The first-order chi connectivity index (χ1) is 8.93. The number of allylic oxidation sites excluding steroid dienone is 1. The van der Waals surface area contributed by atoms with E-state index in [4.69, 9.17) is 0 Å². The molecule has 0 heterocycles. The van der Waals surface area contributed by atoms with Crippen LogP contribution >= 0.6 is 0 Å². The largest absolute Gasteiger partial charge is 0.338 e. The van der Waals surface area contributed by atoms with Crippen LogP contribution in [0.4, 0.5) is 8.78 Å². The summed E-state index contributed by atoms with van der Waals surface area (Å²) in [4.78, 5) is 13.1. The first kappa shape index (κ1) is 15.1. The zero-order valence-corrected chi connectivity index (χ0v) is 11.3. The van der Waals surface area contributed by atoms with Crippen molar-refractivity contribution < 1.29 is 13.6 Å². The molecule has 1 aromatic carbocycles. The Morgan fingerprint density at radius 2 is 2.05 bits per heavy atom. The number of amides is 1. The molecule has 0 radical (unpaired) electrons. The minimum Gasteiger partial charge on any atom is -0.338 e. The SMILES string of the molecule is C/C=C/C(=O)N(C)C/C(C)=C/c1ccc(F)cc1F. The van der Waals surface area contributed by atoms with E-state index in [9.17, 15) is 13.6 Å². The van der Waals surface area contributed by atoms with E-state index < -0.39 is 11.6 Å². The smallest absolute Gasteiger partial charge is 0.246 e. The molecule has 1 rings (SSSR count). The molecule has 1 amide bonds. The zero-order valence-electron chi connectivity index (χ0n) is 11.3. The summed E-state index contributed by atoms with van der Waals surface area (Å²) < 4.78 is 26.2. The van der Waals surface area contributed by atoms with Crippen molar-refractivity contribution >= 4 is 12.0 Å². The third-order valence-electron chi connectivity index (χ3n) is 2.54. The highest BCUT2D eigenvalue weighted by Gasteiger charge is 2.06. The van der Waals surface area contributed by atoms with Crippen LogP contribution in [-0.4, -0.2) is 24.4 Å². The van der Waals surface area contributed by atoms with Crippen LogP contribution in [0.25, 0.3) is 6.08 Å². The predicted octanol–water partition coefficient (Wildman–Crippen LogP) is 3.40. The van der Waals surface area contributed by atoms with E-state index in [1.807, 2.05) is 0 Å². The molecule has 0 fully saturated rings. The normalized spacial score (nSPS) is 11.9. The fourth-order valence-corrected chi connectivity index (χ4v) is 1.65. The van der Waals surface area contributed by atoms with Gasteiger partial charge in [0.1, 0.15) is 11.6 Å². The van der Waals surface area contributed by atoms with Gasteiger partial charge in [-0.05, 0) is 32.1 Å². The van der Waals surface area contributed by atoms with Gasteiger partial charge in [0.15, 0.2) is 0 Å². The van der Waals surface area contributed by atoms with E-state index >= 15 is 0 Å². The van der Waals surface area contributed by atoms with Gasteiger partial charge in [-0.25, -0.2) is 8.78 Å². The van der Waals surface area contributed by atoms with Gasteiger partial charge in [0, 0.05) is 25.2 Å². The summed E-state index contributed by atoms with van der Waals surface area (Å²) in [7, 11) is 1.67. The van der Waals surface area contributed by atoms with E-state index in [-0.39, 0.29) is 5.91 Å². The molecule has 102 valence electrons. The van der Waals surface area contributed by atoms with Crippen molar-refractivity contribution in [2.24, 2.45) is 0 Å². The molecule has 0 bridgehead atoms. The van der Waals surface area contributed by atoms with Crippen LogP contribution in [-0.2, 0) is 4.79 Å². The number of carbonyl (C=O) groups is 1. The van der Waals surface area contributed by atoms with Gasteiger partial charge in [-0.3, -0.25) is 4.79 Å². The molecule has 0 spiro atoms. The summed E-state index contributed by atoms with van der Waals surface area (Å²) in [5.74, 6) is -1.33. The summed E-state index contributed by atoms with van der Waals surface area (Å²) in [5, 5.41) is 0. The molecule has 0 aliphatic rings. The van der Waals surface area contributed by atoms with E-state index in [2.05, 4.69) is 0 Å². The van der Waals surface area contributed by atoms with E-state index in [0.717, 1.165) is 11.6 Å². The number of halogens is 2. The van der Waals surface area contributed by atoms with Gasteiger partial charge in [-0.2, -0.15) is 0 Å². The first-order valence-corrected chi connectivity index (χ1v) is 5.94. The number of benzene rings is 1. The monoisotopic (exact) mass is 265 g/mol. The Bertz CT molecular complexity index is 521. The number of nitrogens with zero attached hydrogens (tertiary/aromatic N) is 1. The van der Waals surface area contributed by atoms with E-state index in [1.54, 1.807) is 33.0 Å². The number of hydrogen-bond acceptors (Lipinski definition) is 1. The van der Waals surface area contributed by atoms with Crippen molar-refractivity contribution in [1.29, 1.82) is 0 Å². The third-order valence-corrected chi connectivity index (χ3v) is 2.54. The Kier molecular flexibility index (Phi) is 5.42. The fourth-order valence-electron chi connectivity index (χ4n) is 1.65. The lowest BCUT2D eigenvalue weighted by atomic mass is 10.1. The molecular weight excluding hydrogens is 248 g/mol. The van der Waals surface area contributed by atoms with Crippen LogP contribution in [0.2, 0.25) is 0 Å². The molecule has 0 aliphatic heterocycles. The van der Waals surface area contributed by atoms with Crippen LogP contribution in [0.15, 0.2) is 35.9 Å². The average molecular weight is 265 g/mol. The number of likely N-dealkylation sites (N-methyl/N-ethyl adjacent to an activating group) is 1. The highest BCUT2D eigenvalue weighted by Crippen LogP contribution is 2.13. The summed E-state index contributed by atoms with van der Waals surface area (Å²) in [6.07, 6.45) is 4.73. The van der Waals surface area contributed by atoms with Crippen molar-refractivity contribution in [3.63, 3.8) is 0 Å². The first-order valence-electron chi connectivity index (χ1n) is 5.94. The minimum absolute atomic E-state index is 0.116. The maximum absolute atomic E-state index is 13.5. The molecule has 0 aliphatic carbocycles. The number of rotatable bonds is 4. The van der Waals surface area contributed by atoms with Crippen LogP contribution < -0.4 is 0 Å². The number of hydrogen-bond donors (Lipinski definition) is 0. The Morgan fingerprint density at radius 1 is 1.37 bits per heavy atom. The molecule has 2 nitrogen and oxygen atoms in total. The lowest BCUT2D eigenvalue weighted by Crippen LogP contribution is -2.26. The fraction of sp³-hybridized carbons (Fsp3) is 0.267. The van der Waals surface area contributed by atoms with E-state index in [0.29, 0.717) is 12.1 Å². The highest BCUT2D eigenvalue weighted by molar-refractivity contribution is 5.87. The molecule has 0 N–H and O–H groups in total. The van der Waals surface area contributed by atoms with Gasteiger partial charge in [-0.1, -0.05) is 17.7 Å². The lowest BCUT2D eigenvalue weighted by molar-refractivity contribution is -0.124. The minimum atomic E-state index is -0.609. The van der Waals surface area contributed by atoms with Gasteiger partial charge < -0.3 is 4.90 Å². The van der Waals surface area contributed by atoms with E-state index in [1.165, 1.54) is 23.1 Å². The second-order valence-electron chi connectivity index (χ2n) is 4.35. The van der Waals surface area contributed by atoms with Crippen LogP contribution in [0.1, 0.15) is 19.4 Å². The average Bonchev–Trinajstić information content (AvgIpc) is 2.33. The van der Waals surface area contributed by atoms with Crippen molar-refractivity contribution in [2.45, 2.75) is 13.8 Å². The van der Waals surface area contributed by atoms with Crippen LogP contribution in [0.3, 0.4) is 0 Å². The van der Waals surface area contributed by atoms with Crippen LogP contribution in [0, 0.1) is 11.6 Å². The highest BCUT2D eigenvalue weighted by atomic mass is 19.1. The summed E-state index contributed by atoms with van der Waals surface area (Å²) >= 11 is 0. The summed E-state index contributed by atoms with van der Waals surface area (Å²) in [6, 6.07) is 3.42. The van der Waals surface area contributed by atoms with Crippen molar-refractivity contribution in [2.75, 3.05) is 13.6 Å². The second kappa shape index (κ2) is 6.83. The zero-order chi connectivity index (χ0) is 14.4. The molecule has 0 atom stereocenters. The summed E-state index contributed by atoms with van der Waals surface area (Å²) in [6.45, 7) is 3.95. The lowest BCUT2D eigenvalue weighted by Gasteiger charge is -2.15. The van der Waals surface area contributed by atoms with Gasteiger partial charge in [0.25, 0.3) is 0 Å². The standard InChI is InChI=1S/C15H17F2NO/c1-4-5-15(19)18(3)10-11(2)8-12-6-7-13(16)9-14(12)17/h4-9H,10H2,1-3H3/b5-4+,11-8+. The van der Waals surface area contributed by atoms with Crippen LogP contribution in [0.5, 0.6) is 0 Å². The molecule has 0 saturated carbocycles. The Hall–Kier alpha value is -1.97. The van der Waals surface area contributed by atoms with Gasteiger partial charge in [0.05, 0.1) is 0 Å². The second-order valence-corrected chi connectivity index (χ2v) is 4.35. The van der Waals surface area contributed by atoms with Gasteiger partial charge in [0.2, 0.25) is 5.91 Å². The molecular formula is C15H17F2NO. The van der Waals surface area contributed by atoms with Crippen molar-refractivity contribution in [3.8, 4) is 0 Å². The Balaban J connectivity index is 2.79. The maximum atomic E-state index is 13.5. The topological polar surface area (TPSA) is 20.3 Å². The molecule has 1 aromatic rings. The third kappa shape index (κ3) is 4.66. The molecule has 19 heavy (non-hydrogen) atoms. The summed E-state index contributed by atoms with van der Waals surface area (Å²) in [5.41, 5.74) is 1.12. The molecule has 0 saturated heterocycles. The van der Waals surface area contributed by atoms with Crippen molar-refractivity contribution in [1.82, 2.24) is 4.90 Å². The Morgan fingerprint density at radius 3 is 2.63 bits per heavy atom. The molecule has 4 heteroatoms. The molecule has 0 unspecified atom stereocenters. The van der Waals surface area contributed by atoms with Crippen molar-refractivity contribution in [3.05, 3.63) is 53.1 Å². The predicted molar refractivity (Wildman–Crippen MR) is 72.5 cm³/mol. The number of carbonyl (C=O) groups excluding carboxylic acids is 1. The molecule has 0 aromatic heterocycles. The van der Waals surface area contributed by atoms with Gasteiger partial charge in [-0.15, -0.1) is 0 Å². The Labute approximate surface area is 112 Å². The quantitative estimate of drug-likeness (QED) is 0.764. The maximum Gasteiger partial charge on any atom is 0.246 e.